The summed E-state index contributed by atoms with van der Waals surface area (Å²) in [5, 5.41) is 12.0. The first-order chi connectivity index (χ1) is 10.4. The van der Waals surface area contributed by atoms with E-state index in [0.717, 1.165) is 11.2 Å². The lowest BCUT2D eigenvalue weighted by Crippen LogP contribution is -2.12. The molecular formula is C16H15N3O3. The largest absolute Gasteiger partial charge is 0.378 e. The second-order valence-electron chi connectivity index (χ2n) is 5.44. The van der Waals surface area contributed by atoms with E-state index >= 15 is 0 Å². The van der Waals surface area contributed by atoms with E-state index in [1.54, 1.807) is 6.07 Å². The van der Waals surface area contributed by atoms with Crippen LogP contribution in [0.1, 0.15) is 0 Å². The lowest BCUT2D eigenvalue weighted by molar-refractivity contribution is -0.384. The number of hydrogen-bond acceptors (Lipinski definition) is 4. The fourth-order valence-corrected chi connectivity index (χ4v) is 2.65. The fraction of sp³-hybridized carbons (Fsp3) is 0.188. The third-order valence-corrected chi connectivity index (χ3v) is 3.90. The summed E-state index contributed by atoms with van der Waals surface area (Å²) in [4.78, 5) is 25.1. The number of anilines is 1. The van der Waals surface area contributed by atoms with Crippen LogP contribution < -0.4 is 10.3 Å². The molecule has 0 saturated carbocycles. The van der Waals surface area contributed by atoms with Crippen molar-refractivity contribution in [2.24, 2.45) is 7.05 Å². The van der Waals surface area contributed by atoms with Crippen molar-refractivity contribution in [1.29, 1.82) is 0 Å². The van der Waals surface area contributed by atoms with Crippen molar-refractivity contribution in [2.45, 2.75) is 0 Å². The molecule has 0 fully saturated rings. The van der Waals surface area contributed by atoms with Crippen LogP contribution in [0.2, 0.25) is 0 Å². The van der Waals surface area contributed by atoms with Gasteiger partial charge in [-0.1, -0.05) is 0 Å². The summed E-state index contributed by atoms with van der Waals surface area (Å²) in [6.45, 7) is 0. The topological polar surface area (TPSA) is 68.4 Å². The highest BCUT2D eigenvalue weighted by atomic mass is 16.6. The number of aryl methyl sites for hydroxylation is 1. The van der Waals surface area contributed by atoms with Crippen LogP contribution in [0.15, 0.2) is 41.2 Å². The summed E-state index contributed by atoms with van der Waals surface area (Å²) in [5.41, 5.74) is 2.15. The molecule has 0 amide bonds. The maximum atomic E-state index is 12.6. The zero-order valence-corrected chi connectivity index (χ0v) is 12.5. The number of rotatable bonds is 2. The van der Waals surface area contributed by atoms with Gasteiger partial charge in [0, 0.05) is 49.7 Å². The first-order valence-corrected chi connectivity index (χ1v) is 6.78. The molecule has 0 aliphatic rings. The number of hydrogen-bond donors (Lipinski definition) is 0. The predicted octanol–water partition coefficient (Wildman–Crippen LogP) is 2.67. The van der Waals surface area contributed by atoms with Crippen molar-refractivity contribution in [3.8, 4) is 0 Å². The van der Waals surface area contributed by atoms with Crippen molar-refractivity contribution in [1.82, 2.24) is 4.57 Å². The molecule has 0 bridgehead atoms. The smallest absolute Gasteiger partial charge is 0.271 e. The van der Waals surface area contributed by atoms with E-state index < -0.39 is 4.92 Å². The van der Waals surface area contributed by atoms with Crippen LogP contribution in [0.5, 0.6) is 0 Å². The van der Waals surface area contributed by atoms with Gasteiger partial charge in [0.1, 0.15) is 0 Å². The molecule has 3 aromatic rings. The van der Waals surface area contributed by atoms with Crippen LogP contribution >= 0.6 is 0 Å². The summed E-state index contributed by atoms with van der Waals surface area (Å²) in [5.74, 6) is 0. The van der Waals surface area contributed by atoms with Crippen LogP contribution in [0.4, 0.5) is 11.4 Å². The molecule has 6 nitrogen and oxygen atoms in total. The van der Waals surface area contributed by atoms with E-state index in [1.807, 2.05) is 42.7 Å². The van der Waals surface area contributed by atoms with Gasteiger partial charge in [-0.25, -0.2) is 0 Å². The van der Waals surface area contributed by atoms with Crippen molar-refractivity contribution >= 4 is 33.2 Å². The Morgan fingerprint density at radius 3 is 2.23 bits per heavy atom. The first kappa shape index (κ1) is 14.1. The number of aromatic nitrogens is 1. The lowest BCUT2D eigenvalue weighted by Gasteiger charge is -2.15. The van der Waals surface area contributed by atoms with E-state index in [0.29, 0.717) is 16.3 Å². The Balaban J connectivity index is 2.47. The van der Waals surface area contributed by atoms with E-state index in [2.05, 4.69) is 0 Å². The summed E-state index contributed by atoms with van der Waals surface area (Å²) in [6, 6.07) is 9.93. The number of nitrogens with zero attached hydrogens (tertiary/aromatic N) is 3. The summed E-state index contributed by atoms with van der Waals surface area (Å²) in [6.07, 6.45) is 0. The molecule has 6 heteroatoms. The molecule has 2 aromatic carbocycles. The molecular weight excluding hydrogens is 282 g/mol. The van der Waals surface area contributed by atoms with Gasteiger partial charge in [0.15, 0.2) is 5.43 Å². The normalized spacial score (nSPS) is 11.0. The SMILES string of the molecule is CN(C)c1ccc2c(=O)c3ccc([N+](=O)[O-])cc3n(C)c2c1. The number of nitro groups is 1. The highest BCUT2D eigenvalue weighted by Gasteiger charge is 2.13. The van der Waals surface area contributed by atoms with Gasteiger partial charge in [-0.2, -0.15) is 0 Å². The van der Waals surface area contributed by atoms with Gasteiger partial charge in [0.05, 0.1) is 16.0 Å². The molecule has 112 valence electrons. The number of benzene rings is 2. The third-order valence-electron chi connectivity index (χ3n) is 3.90. The minimum absolute atomic E-state index is 0.0226. The van der Waals surface area contributed by atoms with Gasteiger partial charge >= 0.3 is 0 Å². The van der Waals surface area contributed by atoms with E-state index in [9.17, 15) is 14.9 Å². The van der Waals surface area contributed by atoms with Crippen molar-refractivity contribution < 1.29 is 4.92 Å². The Bertz CT molecular complexity index is 974. The van der Waals surface area contributed by atoms with Crippen molar-refractivity contribution in [3.05, 3.63) is 56.7 Å². The quantitative estimate of drug-likeness (QED) is 0.414. The fourth-order valence-electron chi connectivity index (χ4n) is 2.65. The number of non-ortho nitro benzene ring substituents is 1. The van der Waals surface area contributed by atoms with E-state index in [4.69, 9.17) is 0 Å². The average molecular weight is 297 g/mol. The zero-order valence-electron chi connectivity index (χ0n) is 12.5. The van der Waals surface area contributed by atoms with Crippen LogP contribution in [-0.4, -0.2) is 23.6 Å². The minimum Gasteiger partial charge on any atom is -0.378 e. The predicted molar refractivity (Wildman–Crippen MR) is 87.7 cm³/mol. The van der Waals surface area contributed by atoms with Crippen molar-refractivity contribution in [3.63, 3.8) is 0 Å². The number of pyridine rings is 1. The molecule has 0 radical (unpaired) electrons. The van der Waals surface area contributed by atoms with Crippen LogP contribution in [0.3, 0.4) is 0 Å². The van der Waals surface area contributed by atoms with Gasteiger partial charge in [-0.15, -0.1) is 0 Å². The number of nitro benzene ring substituents is 1. The molecule has 22 heavy (non-hydrogen) atoms. The Labute approximate surface area is 126 Å². The number of fused-ring (bicyclic) bond motifs is 2. The summed E-state index contributed by atoms with van der Waals surface area (Å²) in [7, 11) is 5.66. The Morgan fingerprint density at radius 2 is 1.64 bits per heavy atom. The molecule has 0 N–H and O–H groups in total. The molecule has 0 atom stereocenters. The van der Waals surface area contributed by atoms with E-state index in [1.165, 1.54) is 18.2 Å². The van der Waals surface area contributed by atoms with Gasteiger partial charge in [0.2, 0.25) is 0 Å². The Hall–Kier alpha value is -2.89. The molecule has 3 rings (SSSR count). The summed E-state index contributed by atoms with van der Waals surface area (Å²) < 4.78 is 1.83. The molecule has 0 aliphatic heterocycles. The van der Waals surface area contributed by atoms with Gasteiger partial charge in [-0.05, 0) is 24.3 Å². The minimum atomic E-state index is -0.454. The standard InChI is InChI=1S/C16H15N3O3/c1-17(2)10-4-6-12-14(8-10)18(3)15-9-11(19(21)22)5-7-13(15)16(12)20/h4-9H,1-3H3. The Morgan fingerprint density at radius 1 is 1.05 bits per heavy atom. The van der Waals surface area contributed by atoms with Gasteiger partial charge in [0.25, 0.3) is 5.69 Å². The van der Waals surface area contributed by atoms with Crippen molar-refractivity contribution in [2.75, 3.05) is 19.0 Å². The zero-order chi connectivity index (χ0) is 16.0. The first-order valence-electron chi connectivity index (χ1n) is 6.78. The summed E-state index contributed by atoms with van der Waals surface area (Å²) >= 11 is 0. The second-order valence-corrected chi connectivity index (χ2v) is 5.44. The molecule has 0 unspecified atom stereocenters. The monoisotopic (exact) mass is 297 g/mol. The molecule has 0 saturated heterocycles. The Kier molecular flexibility index (Phi) is 3.09. The maximum Gasteiger partial charge on any atom is 0.271 e. The van der Waals surface area contributed by atoms with Crippen LogP contribution in [0.25, 0.3) is 21.8 Å². The van der Waals surface area contributed by atoms with E-state index in [-0.39, 0.29) is 11.1 Å². The second kappa shape index (κ2) is 4.84. The average Bonchev–Trinajstić information content (AvgIpc) is 2.51. The molecule has 1 aromatic heterocycles. The third kappa shape index (κ3) is 2.00. The van der Waals surface area contributed by atoms with Crippen LogP contribution in [-0.2, 0) is 7.05 Å². The van der Waals surface area contributed by atoms with Crippen LogP contribution in [0, 0.1) is 10.1 Å². The molecule has 0 aliphatic carbocycles. The molecule has 1 heterocycles. The highest BCUT2D eigenvalue weighted by molar-refractivity contribution is 5.95. The lowest BCUT2D eigenvalue weighted by atomic mass is 10.1. The van der Waals surface area contributed by atoms with Gasteiger partial charge < -0.3 is 9.47 Å². The molecule has 0 spiro atoms. The maximum absolute atomic E-state index is 12.6. The van der Waals surface area contributed by atoms with Gasteiger partial charge in [-0.3, -0.25) is 14.9 Å². The highest BCUT2D eigenvalue weighted by Crippen LogP contribution is 2.25.